The number of ketones is 1. The first-order chi connectivity index (χ1) is 13.5. The molecule has 0 spiro atoms. The average molecular weight is 370 g/mol. The lowest BCUT2D eigenvalue weighted by Crippen LogP contribution is -2.07. The maximum absolute atomic E-state index is 13.0. The van der Waals surface area contributed by atoms with Crippen molar-refractivity contribution in [3.05, 3.63) is 71.3 Å². The third kappa shape index (κ3) is 2.48. The van der Waals surface area contributed by atoms with Gasteiger partial charge in [-0.15, -0.1) is 0 Å². The van der Waals surface area contributed by atoms with Crippen LogP contribution in [0.2, 0.25) is 0 Å². The molecule has 7 heteroatoms. The third-order valence-corrected chi connectivity index (χ3v) is 4.90. The molecule has 0 radical (unpaired) electrons. The second-order valence-corrected chi connectivity index (χ2v) is 6.98. The van der Waals surface area contributed by atoms with Crippen LogP contribution in [-0.2, 0) is 0 Å². The van der Waals surface area contributed by atoms with Crippen molar-refractivity contribution in [1.29, 1.82) is 0 Å². The Morgan fingerprint density at radius 2 is 1.89 bits per heavy atom. The van der Waals surface area contributed by atoms with E-state index in [-0.39, 0.29) is 5.78 Å². The SMILES string of the molecule is Cc1ccc2[nH]c(C(=O)c3cnn(-c4ccc5nc(C)[nH]c5c4)c3N)cc2c1. The van der Waals surface area contributed by atoms with E-state index >= 15 is 0 Å². The minimum Gasteiger partial charge on any atom is -0.383 e. The second kappa shape index (κ2) is 5.82. The highest BCUT2D eigenvalue weighted by Crippen LogP contribution is 2.24. The monoisotopic (exact) mass is 370 g/mol. The first-order valence-corrected chi connectivity index (χ1v) is 8.94. The number of imidazole rings is 1. The number of rotatable bonds is 3. The predicted molar refractivity (Wildman–Crippen MR) is 109 cm³/mol. The quantitative estimate of drug-likeness (QED) is 0.421. The fraction of sp³-hybridized carbons (Fsp3) is 0.0952. The zero-order valence-corrected chi connectivity index (χ0v) is 15.4. The number of hydrogen-bond donors (Lipinski definition) is 3. The molecule has 3 aromatic heterocycles. The van der Waals surface area contributed by atoms with Crippen LogP contribution in [0.1, 0.15) is 27.4 Å². The maximum atomic E-state index is 13.0. The Hall–Kier alpha value is -3.87. The minimum absolute atomic E-state index is 0.184. The predicted octanol–water partition coefficient (Wildman–Crippen LogP) is 3.66. The van der Waals surface area contributed by atoms with Gasteiger partial charge in [0.25, 0.3) is 0 Å². The zero-order valence-electron chi connectivity index (χ0n) is 15.4. The summed E-state index contributed by atoms with van der Waals surface area (Å²) < 4.78 is 1.57. The van der Waals surface area contributed by atoms with Gasteiger partial charge in [-0.25, -0.2) is 9.67 Å². The fourth-order valence-electron chi connectivity index (χ4n) is 3.51. The highest BCUT2D eigenvalue weighted by Gasteiger charge is 2.20. The lowest BCUT2D eigenvalue weighted by Gasteiger charge is -2.05. The van der Waals surface area contributed by atoms with Crippen LogP contribution in [0.3, 0.4) is 0 Å². The van der Waals surface area contributed by atoms with Crippen molar-refractivity contribution in [2.24, 2.45) is 0 Å². The standard InChI is InChI=1S/C21H18N6O/c1-11-3-5-16-13(7-11)8-19(26-16)20(28)15-10-23-27(21(15)22)14-4-6-17-18(9-14)25-12(2)24-17/h3-10,26H,22H2,1-2H3,(H,24,25). The number of carbonyl (C=O) groups excluding carboxylic acids is 1. The third-order valence-electron chi connectivity index (χ3n) is 4.90. The van der Waals surface area contributed by atoms with E-state index in [4.69, 9.17) is 5.73 Å². The second-order valence-electron chi connectivity index (χ2n) is 6.98. The van der Waals surface area contributed by atoms with Gasteiger partial charge in [-0.3, -0.25) is 4.79 Å². The molecule has 138 valence electrons. The highest BCUT2D eigenvalue weighted by molar-refractivity contribution is 6.12. The summed E-state index contributed by atoms with van der Waals surface area (Å²) in [5, 5.41) is 5.33. The lowest BCUT2D eigenvalue weighted by molar-refractivity contribution is 0.103. The molecule has 3 heterocycles. The van der Waals surface area contributed by atoms with Gasteiger partial charge in [0.1, 0.15) is 11.6 Å². The van der Waals surface area contributed by atoms with E-state index in [1.165, 1.54) is 6.20 Å². The summed E-state index contributed by atoms with van der Waals surface area (Å²) in [6, 6.07) is 13.6. The van der Waals surface area contributed by atoms with E-state index < -0.39 is 0 Å². The number of anilines is 1. The molecule has 4 N–H and O–H groups in total. The lowest BCUT2D eigenvalue weighted by atomic mass is 10.1. The summed E-state index contributed by atoms with van der Waals surface area (Å²) in [5.41, 5.74) is 11.7. The van der Waals surface area contributed by atoms with E-state index in [1.807, 2.05) is 56.3 Å². The minimum atomic E-state index is -0.184. The molecular formula is C21H18N6O. The summed E-state index contributed by atoms with van der Waals surface area (Å²) in [6.07, 6.45) is 1.51. The number of aryl methyl sites for hydroxylation is 2. The number of nitrogens with two attached hydrogens (primary N) is 1. The van der Waals surface area contributed by atoms with E-state index in [1.54, 1.807) is 4.68 Å². The van der Waals surface area contributed by atoms with Gasteiger partial charge >= 0.3 is 0 Å². The van der Waals surface area contributed by atoms with Gasteiger partial charge < -0.3 is 15.7 Å². The number of aromatic nitrogens is 5. The maximum Gasteiger partial charge on any atom is 0.214 e. The summed E-state index contributed by atoms with van der Waals surface area (Å²) in [7, 11) is 0. The van der Waals surface area contributed by atoms with Gasteiger partial charge in [0.2, 0.25) is 5.78 Å². The van der Waals surface area contributed by atoms with Gasteiger partial charge in [-0.1, -0.05) is 11.6 Å². The smallest absolute Gasteiger partial charge is 0.214 e. The molecule has 28 heavy (non-hydrogen) atoms. The molecule has 7 nitrogen and oxygen atoms in total. The molecular weight excluding hydrogens is 352 g/mol. The number of hydrogen-bond acceptors (Lipinski definition) is 4. The van der Waals surface area contributed by atoms with Gasteiger partial charge in [-0.2, -0.15) is 5.10 Å². The van der Waals surface area contributed by atoms with Crippen molar-refractivity contribution < 1.29 is 4.79 Å². The molecule has 0 amide bonds. The summed E-state index contributed by atoms with van der Waals surface area (Å²) in [4.78, 5) is 23.8. The van der Waals surface area contributed by atoms with E-state index in [0.717, 1.165) is 39.0 Å². The number of nitrogen functional groups attached to an aromatic ring is 1. The summed E-state index contributed by atoms with van der Waals surface area (Å²) in [6.45, 7) is 3.93. The fourth-order valence-corrected chi connectivity index (χ4v) is 3.51. The van der Waals surface area contributed by atoms with Gasteiger partial charge in [0.05, 0.1) is 34.2 Å². The van der Waals surface area contributed by atoms with Crippen molar-refractivity contribution in [1.82, 2.24) is 24.7 Å². The van der Waals surface area contributed by atoms with Crippen LogP contribution in [0.5, 0.6) is 0 Å². The Balaban J connectivity index is 1.55. The number of benzene rings is 2. The van der Waals surface area contributed by atoms with Crippen LogP contribution in [0.15, 0.2) is 48.7 Å². The van der Waals surface area contributed by atoms with Gasteiger partial charge in [0, 0.05) is 10.9 Å². The number of H-pyrrole nitrogens is 2. The first-order valence-electron chi connectivity index (χ1n) is 8.94. The van der Waals surface area contributed by atoms with Crippen molar-refractivity contribution in [2.75, 3.05) is 5.73 Å². The number of nitrogens with zero attached hydrogens (tertiary/aromatic N) is 3. The van der Waals surface area contributed by atoms with E-state index in [0.29, 0.717) is 17.1 Å². The van der Waals surface area contributed by atoms with Crippen molar-refractivity contribution in [2.45, 2.75) is 13.8 Å². The summed E-state index contributed by atoms with van der Waals surface area (Å²) >= 11 is 0. The van der Waals surface area contributed by atoms with Crippen molar-refractivity contribution in [3.63, 3.8) is 0 Å². The molecule has 0 atom stereocenters. The molecule has 0 saturated heterocycles. The average Bonchev–Trinajstić information content (AvgIpc) is 3.35. The van der Waals surface area contributed by atoms with E-state index in [9.17, 15) is 4.79 Å². The van der Waals surface area contributed by atoms with E-state index in [2.05, 4.69) is 20.1 Å². The number of carbonyl (C=O) groups is 1. The Morgan fingerprint density at radius 1 is 1.04 bits per heavy atom. The Labute approximate surface area is 160 Å². The van der Waals surface area contributed by atoms with Gasteiger partial charge in [-0.05, 0) is 50.2 Å². The summed E-state index contributed by atoms with van der Waals surface area (Å²) in [5.74, 6) is 0.956. The van der Waals surface area contributed by atoms with Crippen LogP contribution in [-0.4, -0.2) is 30.5 Å². The van der Waals surface area contributed by atoms with Crippen molar-refractivity contribution >= 4 is 33.5 Å². The highest BCUT2D eigenvalue weighted by atomic mass is 16.1. The molecule has 0 bridgehead atoms. The molecule has 0 unspecified atom stereocenters. The first kappa shape index (κ1) is 16.3. The Morgan fingerprint density at radius 3 is 2.75 bits per heavy atom. The number of nitrogens with one attached hydrogen (secondary N) is 2. The molecule has 2 aromatic carbocycles. The topological polar surface area (TPSA) is 105 Å². The molecule has 0 aliphatic rings. The molecule has 5 aromatic rings. The molecule has 5 rings (SSSR count). The largest absolute Gasteiger partial charge is 0.383 e. The number of aromatic amines is 2. The molecule has 0 saturated carbocycles. The molecule has 0 aliphatic carbocycles. The Bertz CT molecular complexity index is 1370. The van der Waals surface area contributed by atoms with Crippen LogP contribution in [0.25, 0.3) is 27.6 Å². The van der Waals surface area contributed by atoms with Gasteiger partial charge in [0.15, 0.2) is 0 Å². The molecule has 0 aliphatic heterocycles. The van der Waals surface area contributed by atoms with Crippen LogP contribution in [0.4, 0.5) is 5.82 Å². The van der Waals surface area contributed by atoms with Crippen LogP contribution < -0.4 is 5.73 Å². The van der Waals surface area contributed by atoms with Crippen molar-refractivity contribution in [3.8, 4) is 5.69 Å². The zero-order chi connectivity index (χ0) is 19.4. The van der Waals surface area contributed by atoms with Crippen LogP contribution in [0, 0.1) is 13.8 Å². The normalized spacial score (nSPS) is 11.5. The molecule has 0 fully saturated rings. The van der Waals surface area contributed by atoms with Crippen LogP contribution >= 0.6 is 0 Å². The number of fused-ring (bicyclic) bond motifs is 2. The Kier molecular flexibility index (Phi) is 3.39.